The maximum atomic E-state index is 5.03. The average molecular weight is 728 g/mol. The molecule has 0 N–H and O–H groups in total. The molecule has 0 amide bonds. The fourth-order valence-corrected chi connectivity index (χ4v) is 9.19. The van der Waals surface area contributed by atoms with Crippen molar-refractivity contribution in [3.05, 3.63) is 200 Å². The van der Waals surface area contributed by atoms with Crippen molar-refractivity contribution < 1.29 is 0 Å². The summed E-state index contributed by atoms with van der Waals surface area (Å²) in [6, 6.07) is 61.0. The van der Waals surface area contributed by atoms with E-state index in [4.69, 9.17) is 15.0 Å². The fourth-order valence-electron chi connectivity index (χ4n) is 9.19. The molecule has 0 spiro atoms. The van der Waals surface area contributed by atoms with Crippen LogP contribution in [0.2, 0.25) is 0 Å². The number of rotatable bonds is 5. The quantitative estimate of drug-likeness (QED) is 0.177. The van der Waals surface area contributed by atoms with E-state index in [9.17, 15) is 0 Å². The molecule has 0 unspecified atom stereocenters. The van der Waals surface area contributed by atoms with Crippen LogP contribution in [0.15, 0.2) is 188 Å². The smallest absolute Gasteiger partial charge is 0.0963 e. The lowest BCUT2D eigenvalue weighted by Crippen LogP contribution is -2.00. The SMILES string of the molecule is c1ccc(-n2c3ccc(-c4cc5c(c(-n6c7ccc(-c8ccccc8-c8ccccn8)cc7c7ncccc76)c4)Cc4ccccc4-5)cc3c3ncccc32)cc1. The second kappa shape index (κ2) is 12.4. The molecule has 11 aromatic rings. The van der Waals surface area contributed by atoms with Crippen molar-refractivity contribution in [1.82, 2.24) is 24.1 Å². The Morgan fingerprint density at radius 3 is 1.79 bits per heavy atom. The third kappa shape index (κ3) is 4.85. The molecule has 1 aliphatic rings. The number of aromatic nitrogens is 5. The lowest BCUT2D eigenvalue weighted by Gasteiger charge is -2.17. The Bertz CT molecular complexity index is 3380. The Balaban J connectivity index is 1.09. The molecule has 5 heteroatoms. The van der Waals surface area contributed by atoms with Crippen LogP contribution < -0.4 is 0 Å². The lowest BCUT2D eigenvalue weighted by molar-refractivity contribution is 1.12. The lowest BCUT2D eigenvalue weighted by atomic mass is 9.95. The molecule has 0 bridgehead atoms. The van der Waals surface area contributed by atoms with E-state index in [-0.39, 0.29) is 0 Å². The topological polar surface area (TPSA) is 48.5 Å². The first kappa shape index (κ1) is 31.7. The van der Waals surface area contributed by atoms with Crippen molar-refractivity contribution in [1.29, 1.82) is 0 Å². The van der Waals surface area contributed by atoms with Crippen LogP contribution in [0.4, 0.5) is 0 Å². The fraction of sp³-hybridized carbons (Fsp3) is 0.0192. The number of para-hydroxylation sites is 1. The summed E-state index contributed by atoms with van der Waals surface area (Å²) in [6.07, 6.45) is 6.53. The van der Waals surface area contributed by atoms with Gasteiger partial charge in [0.2, 0.25) is 0 Å². The first-order valence-electron chi connectivity index (χ1n) is 19.4. The van der Waals surface area contributed by atoms with Crippen LogP contribution in [0, 0.1) is 0 Å². The molecule has 0 radical (unpaired) electrons. The highest BCUT2D eigenvalue weighted by molar-refractivity contribution is 6.10. The van der Waals surface area contributed by atoms with Gasteiger partial charge in [-0.3, -0.25) is 15.0 Å². The molecule has 266 valence electrons. The summed E-state index contributed by atoms with van der Waals surface area (Å²) in [5.41, 5.74) is 20.7. The van der Waals surface area contributed by atoms with Gasteiger partial charge in [0.05, 0.1) is 44.5 Å². The zero-order chi connectivity index (χ0) is 37.5. The highest BCUT2D eigenvalue weighted by atomic mass is 15.0. The molecule has 1 aliphatic carbocycles. The Kier molecular flexibility index (Phi) is 6.92. The van der Waals surface area contributed by atoms with Crippen LogP contribution >= 0.6 is 0 Å². The van der Waals surface area contributed by atoms with Crippen LogP contribution in [0.25, 0.3) is 99.9 Å². The van der Waals surface area contributed by atoms with Gasteiger partial charge in [0.25, 0.3) is 0 Å². The summed E-state index contributed by atoms with van der Waals surface area (Å²) in [5.74, 6) is 0. The molecule has 5 aromatic heterocycles. The number of benzene rings is 6. The van der Waals surface area contributed by atoms with E-state index in [0.29, 0.717) is 0 Å². The van der Waals surface area contributed by atoms with Gasteiger partial charge in [-0.1, -0.05) is 84.9 Å². The Labute approximate surface area is 328 Å². The molecule has 6 aromatic carbocycles. The number of hydrogen-bond acceptors (Lipinski definition) is 3. The summed E-state index contributed by atoms with van der Waals surface area (Å²) in [4.78, 5) is 14.7. The van der Waals surface area contributed by atoms with E-state index in [1.165, 1.54) is 33.5 Å². The number of nitrogens with zero attached hydrogens (tertiary/aromatic N) is 5. The second-order valence-electron chi connectivity index (χ2n) is 14.8. The zero-order valence-corrected chi connectivity index (χ0v) is 30.8. The van der Waals surface area contributed by atoms with Crippen molar-refractivity contribution in [2.45, 2.75) is 6.42 Å². The van der Waals surface area contributed by atoms with Crippen molar-refractivity contribution >= 4 is 43.9 Å². The normalized spacial score (nSPS) is 12.1. The molecule has 5 nitrogen and oxygen atoms in total. The first-order chi connectivity index (χ1) is 28.3. The van der Waals surface area contributed by atoms with E-state index < -0.39 is 0 Å². The van der Waals surface area contributed by atoms with Gasteiger partial charge in [-0.15, -0.1) is 0 Å². The Hall–Kier alpha value is -7.63. The van der Waals surface area contributed by atoms with Crippen LogP contribution in [0.3, 0.4) is 0 Å². The van der Waals surface area contributed by atoms with Crippen molar-refractivity contribution in [2.75, 3.05) is 0 Å². The summed E-state index contributed by atoms with van der Waals surface area (Å²) >= 11 is 0. The molecule has 5 heterocycles. The van der Waals surface area contributed by atoms with E-state index in [1.807, 2.05) is 36.8 Å². The Morgan fingerprint density at radius 1 is 0.386 bits per heavy atom. The van der Waals surface area contributed by atoms with Gasteiger partial charge < -0.3 is 9.13 Å². The number of pyridine rings is 3. The van der Waals surface area contributed by atoms with Crippen LogP contribution in [-0.2, 0) is 6.42 Å². The van der Waals surface area contributed by atoms with Gasteiger partial charge in [-0.05, 0) is 129 Å². The maximum Gasteiger partial charge on any atom is 0.0963 e. The molecule has 0 saturated heterocycles. The van der Waals surface area contributed by atoms with Gasteiger partial charge in [0.1, 0.15) is 0 Å². The monoisotopic (exact) mass is 727 g/mol. The summed E-state index contributed by atoms with van der Waals surface area (Å²) in [5, 5.41) is 2.25. The van der Waals surface area contributed by atoms with Gasteiger partial charge in [-0.25, -0.2) is 0 Å². The predicted octanol–water partition coefficient (Wildman–Crippen LogP) is 12.6. The number of fused-ring (bicyclic) bond motifs is 9. The third-order valence-electron chi connectivity index (χ3n) is 11.7. The van der Waals surface area contributed by atoms with E-state index >= 15 is 0 Å². The molecule has 0 fully saturated rings. The van der Waals surface area contributed by atoms with Gasteiger partial charge in [-0.2, -0.15) is 0 Å². The van der Waals surface area contributed by atoms with Crippen LogP contribution in [0.5, 0.6) is 0 Å². The highest BCUT2D eigenvalue weighted by Gasteiger charge is 2.26. The van der Waals surface area contributed by atoms with E-state index in [0.717, 1.165) is 83.9 Å². The van der Waals surface area contributed by atoms with Gasteiger partial charge in [0, 0.05) is 47.0 Å². The minimum Gasteiger partial charge on any atom is -0.308 e. The largest absolute Gasteiger partial charge is 0.308 e. The van der Waals surface area contributed by atoms with Crippen molar-refractivity contribution in [3.8, 4) is 56.0 Å². The van der Waals surface area contributed by atoms with Crippen molar-refractivity contribution in [2.24, 2.45) is 0 Å². The molecular formula is C52H33N5. The van der Waals surface area contributed by atoms with Crippen molar-refractivity contribution in [3.63, 3.8) is 0 Å². The van der Waals surface area contributed by atoms with Gasteiger partial charge >= 0.3 is 0 Å². The summed E-state index contributed by atoms with van der Waals surface area (Å²) in [6.45, 7) is 0. The van der Waals surface area contributed by atoms with Crippen LogP contribution in [-0.4, -0.2) is 24.1 Å². The Morgan fingerprint density at radius 2 is 1.02 bits per heavy atom. The second-order valence-corrected chi connectivity index (χ2v) is 14.8. The minimum atomic E-state index is 0.867. The van der Waals surface area contributed by atoms with Crippen LogP contribution in [0.1, 0.15) is 11.1 Å². The standard InChI is InChI=1S/C52H33N5/c1-2-13-37(14-3-1)56-46-23-21-33(28-43(46)51-48(56)19-10-26-54-51)36-31-41-39-16-5-4-12-34(39)29-42(41)50(32-36)57-47-24-22-35(30-44(47)52-49(57)20-11-27-55-52)38-15-6-7-17-40(38)45-18-8-9-25-53-45/h1-28,30-32H,29H2. The van der Waals surface area contributed by atoms with Gasteiger partial charge in [0.15, 0.2) is 0 Å². The maximum absolute atomic E-state index is 5.03. The molecule has 12 rings (SSSR count). The average Bonchev–Trinajstić information content (AvgIpc) is 3.94. The molecule has 57 heavy (non-hydrogen) atoms. The molecule has 0 saturated carbocycles. The van der Waals surface area contributed by atoms with E-state index in [2.05, 4.69) is 161 Å². The predicted molar refractivity (Wildman–Crippen MR) is 233 cm³/mol. The summed E-state index contributed by atoms with van der Waals surface area (Å²) < 4.78 is 4.77. The van der Waals surface area contributed by atoms with E-state index in [1.54, 1.807) is 0 Å². The molecule has 0 aliphatic heterocycles. The highest BCUT2D eigenvalue weighted by Crippen LogP contribution is 2.46. The molecular weight excluding hydrogens is 695 g/mol. The molecule has 0 atom stereocenters. The summed E-state index contributed by atoms with van der Waals surface area (Å²) in [7, 11) is 0. The third-order valence-corrected chi connectivity index (χ3v) is 11.7. The zero-order valence-electron chi connectivity index (χ0n) is 30.8. The minimum absolute atomic E-state index is 0.867. The first-order valence-corrected chi connectivity index (χ1v) is 19.4. The number of hydrogen-bond donors (Lipinski definition) is 0.